The molecular formula is C22H31NO4S2. The quantitative estimate of drug-likeness (QED) is 0.476. The predicted octanol–water partition coefficient (Wildman–Crippen LogP) is 4.76. The van der Waals surface area contributed by atoms with E-state index in [2.05, 4.69) is 18.8 Å². The van der Waals surface area contributed by atoms with Crippen molar-refractivity contribution >= 4 is 33.7 Å². The average Bonchev–Trinajstić information content (AvgIpc) is 3.20. The Kier molecular flexibility index (Phi) is 9.04. The topological polar surface area (TPSA) is 55.8 Å². The molecular weight excluding hydrogens is 406 g/mol. The van der Waals surface area contributed by atoms with Gasteiger partial charge >= 0.3 is 6.09 Å². The van der Waals surface area contributed by atoms with Gasteiger partial charge in [-0.15, -0.1) is 11.3 Å². The largest absolute Gasteiger partial charge is 0.485 e. The molecule has 1 aromatic carbocycles. The Labute approximate surface area is 179 Å². The molecule has 2 rings (SSSR count). The molecule has 29 heavy (non-hydrogen) atoms. The molecule has 0 aliphatic carbocycles. The van der Waals surface area contributed by atoms with Crippen molar-refractivity contribution in [1.29, 1.82) is 0 Å². The van der Waals surface area contributed by atoms with E-state index in [1.165, 1.54) is 0 Å². The molecule has 160 valence electrons. The maximum atomic E-state index is 12.3. The van der Waals surface area contributed by atoms with Gasteiger partial charge in [0.25, 0.3) is 0 Å². The fourth-order valence-corrected chi connectivity index (χ4v) is 4.03. The summed E-state index contributed by atoms with van der Waals surface area (Å²) in [6.45, 7) is 0.964. The average molecular weight is 438 g/mol. The zero-order valence-electron chi connectivity index (χ0n) is 17.6. The van der Waals surface area contributed by atoms with Crippen LogP contribution in [0.3, 0.4) is 0 Å². The van der Waals surface area contributed by atoms with E-state index in [0.29, 0.717) is 31.7 Å². The van der Waals surface area contributed by atoms with Gasteiger partial charge in [0.05, 0.1) is 0 Å². The summed E-state index contributed by atoms with van der Waals surface area (Å²) in [5.74, 6) is 1.61. The number of ether oxygens (including phenoxy) is 2. The monoisotopic (exact) mass is 437 g/mol. The Hall–Kier alpha value is -1.99. The first-order valence-corrected chi connectivity index (χ1v) is 13.5. The first kappa shape index (κ1) is 23.3. The molecule has 2 aromatic rings. The molecule has 0 aliphatic heterocycles. The SMILES string of the molecule is CN(CCC(Oc1ccccc1CC=O)c1cccs1)C(=O)OCCS(C)(C)C. The summed E-state index contributed by atoms with van der Waals surface area (Å²) in [6.07, 6.45) is 7.94. The third kappa shape index (κ3) is 8.11. The lowest BCUT2D eigenvalue weighted by molar-refractivity contribution is -0.107. The van der Waals surface area contributed by atoms with E-state index < -0.39 is 10.0 Å². The molecule has 0 aliphatic rings. The van der Waals surface area contributed by atoms with Crippen LogP contribution in [-0.2, 0) is 16.0 Å². The van der Waals surface area contributed by atoms with Crippen molar-refractivity contribution in [2.24, 2.45) is 0 Å². The van der Waals surface area contributed by atoms with E-state index in [1.807, 2.05) is 41.8 Å². The number of carbonyl (C=O) groups excluding carboxylic acids is 2. The first-order chi connectivity index (χ1) is 13.8. The molecule has 0 saturated heterocycles. The van der Waals surface area contributed by atoms with Gasteiger partial charge in [0, 0.05) is 42.6 Å². The van der Waals surface area contributed by atoms with Gasteiger partial charge in [-0.1, -0.05) is 24.3 Å². The molecule has 1 aromatic heterocycles. The maximum absolute atomic E-state index is 12.3. The van der Waals surface area contributed by atoms with Crippen molar-refractivity contribution < 1.29 is 19.1 Å². The maximum Gasteiger partial charge on any atom is 0.409 e. The van der Waals surface area contributed by atoms with Gasteiger partial charge in [-0.25, -0.2) is 14.8 Å². The van der Waals surface area contributed by atoms with Gasteiger partial charge in [-0.2, -0.15) is 0 Å². The summed E-state index contributed by atoms with van der Waals surface area (Å²) in [4.78, 5) is 25.9. The van der Waals surface area contributed by atoms with Gasteiger partial charge in [0.1, 0.15) is 24.7 Å². The van der Waals surface area contributed by atoms with E-state index in [4.69, 9.17) is 9.47 Å². The predicted molar refractivity (Wildman–Crippen MR) is 123 cm³/mol. The van der Waals surface area contributed by atoms with E-state index in [9.17, 15) is 9.59 Å². The fraction of sp³-hybridized carbons (Fsp3) is 0.455. The molecule has 0 fully saturated rings. The molecule has 0 bridgehead atoms. The number of para-hydroxylation sites is 1. The van der Waals surface area contributed by atoms with Gasteiger partial charge in [-0.3, -0.25) is 0 Å². The fourth-order valence-electron chi connectivity index (χ4n) is 2.66. The Morgan fingerprint density at radius 1 is 1.21 bits per heavy atom. The first-order valence-electron chi connectivity index (χ1n) is 9.55. The summed E-state index contributed by atoms with van der Waals surface area (Å²) in [5, 5.41) is 2.01. The Morgan fingerprint density at radius 3 is 2.62 bits per heavy atom. The van der Waals surface area contributed by atoms with Crippen LogP contribution >= 0.6 is 21.4 Å². The van der Waals surface area contributed by atoms with Crippen molar-refractivity contribution in [2.45, 2.75) is 18.9 Å². The minimum absolute atomic E-state index is 0.197. The van der Waals surface area contributed by atoms with Gasteiger partial charge < -0.3 is 19.2 Å². The Morgan fingerprint density at radius 2 is 1.97 bits per heavy atom. The number of benzene rings is 1. The van der Waals surface area contributed by atoms with E-state index in [1.54, 1.807) is 23.3 Å². The minimum atomic E-state index is -0.683. The molecule has 0 saturated carbocycles. The number of rotatable bonds is 11. The van der Waals surface area contributed by atoms with E-state index in [-0.39, 0.29) is 12.2 Å². The second kappa shape index (κ2) is 11.3. The molecule has 0 radical (unpaired) electrons. The lowest BCUT2D eigenvalue weighted by Gasteiger charge is -2.26. The molecule has 1 amide bonds. The lowest BCUT2D eigenvalue weighted by atomic mass is 10.1. The van der Waals surface area contributed by atoms with Crippen LogP contribution in [0.5, 0.6) is 5.75 Å². The summed E-state index contributed by atoms with van der Waals surface area (Å²) in [7, 11) is 1.06. The number of thiophene rings is 1. The number of hydrogen-bond donors (Lipinski definition) is 0. The van der Waals surface area contributed by atoms with Gasteiger partial charge in [0.2, 0.25) is 0 Å². The summed E-state index contributed by atoms with van der Waals surface area (Å²) < 4.78 is 11.7. The van der Waals surface area contributed by atoms with Crippen LogP contribution in [0.15, 0.2) is 41.8 Å². The molecule has 0 N–H and O–H groups in total. The molecule has 5 nitrogen and oxygen atoms in total. The Balaban J connectivity index is 1.98. The van der Waals surface area contributed by atoms with Crippen LogP contribution in [-0.4, -0.2) is 62.0 Å². The van der Waals surface area contributed by atoms with Crippen molar-refractivity contribution in [1.82, 2.24) is 4.90 Å². The molecule has 1 atom stereocenters. The van der Waals surface area contributed by atoms with Crippen molar-refractivity contribution in [3.8, 4) is 5.75 Å². The normalized spacial score (nSPS) is 12.8. The van der Waals surface area contributed by atoms with Gasteiger partial charge in [0.15, 0.2) is 0 Å². The summed E-state index contributed by atoms with van der Waals surface area (Å²) in [6, 6.07) is 11.6. The number of carbonyl (C=O) groups is 2. The highest BCUT2D eigenvalue weighted by molar-refractivity contribution is 8.32. The second-order valence-corrected chi connectivity index (χ2v) is 13.3. The Bertz CT molecular complexity index is 771. The molecule has 1 heterocycles. The highest BCUT2D eigenvalue weighted by Gasteiger charge is 2.19. The van der Waals surface area contributed by atoms with Crippen LogP contribution in [0.25, 0.3) is 0 Å². The van der Waals surface area contributed by atoms with Crippen molar-refractivity contribution in [2.75, 3.05) is 44.7 Å². The van der Waals surface area contributed by atoms with Crippen LogP contribution in [0.2, 0.25) is 0 Å². The van der Waals surface area contributed by atoms with Crippen LogP contribution in [0.1, 0.15) is 23.0 Å². The zero-order chi connectivity index (χ0) is 21.3. The van der Waals surface area contributed by atoms with Crippen LogP contribution in [0.4, 0.5) is 4.79 Å². The number of nitrogens with zero attached hydrogens (tertiary/aromatic N) is 1. The van der Waals surface area contributed by atoms with Crippen LogP contribution < -0.4 is 4.74 Å². The van der Waals surface area contributed by atoms with Crippen molar-refractivity contribution in [3.05, 3.63) is 52.2 Å². The summed E-state index contributed by atoms with van der Waals surface area (Å²) in [5.41, 5.74) is 0.863. The van der Waals surface area contributed by atoms with Crippen molar-refractivity contribution in [3.63, 3.8) is 0 Å². The number of aldehydes is 1. The highest BCUT2D eigenvalue weighted by Crippen LogP contribution is 2.33. The van der Waals surface area contributed by atoms with Gasteiger partial charge in [-0.05, 0) is 36.3 Å². The standard InChI is InChI=1S/C22H31NO4S2/c1-23(22(25)26-15-17-29(2,3)4)13-11-20(21-10-7-16-28-21)27-19-9-6-5-8-18(19)12-14-24/h5-10,14,16,20H,11-13,15,17H2,1-4H3. The molecule has 7 heteroatoms. The molecule has 1 unspecified atom stereocenters. The zero-order valence-corrected chi connectivity index (χ0v) is 19.3. The third-order valence-electron chi connectivity index (χ3n) is 4.37. The number of amides is 1. The minimum Gasteiger partial charge on any atom is -0.485 e. The smallest absolute Gasteiger partial charge is 0.409 e. The lowest BCUT2D eigenvalue weighted by Crippen LogP contribution is -2.31. The third-order valence-corrected chi connectivity index (χ3v) is 6.72. The molecule has 0 spiro atoms. The van der Waals surface area contributed by atoms with E-state index >= 15 is 0 Å². The highest BCUT2D eigenvalue weighted by atomic mass is 32.3. The second-order valence-electron chi connectivity index (χ2n) is 7.72. The van der Waals surface area contributed by atoms with E-state index in [0.717, 1.165) is 22.5 Å². The summed E-state index contributed by atoms with van der Waals surface area (Å²) >= 11 is 1.62. The number of hydrogen-bond acceptors (Lipinski definition) is 5. The van der Waals surface area contributed by atoms with Crippen LogP contribution in [0, 0.1) is 0 Å².